The van der Waals surface area contributed by atoms with E-state index in [-0.39, 0.29) is 0 Å². The smallest absolute Gasteiger partial charge is 0.0196 e. The van der Waals surface area contributed by atoms with Crippen LogP contribution in [0.25, 0.3) is 0 Å². The molecule has 176 valence electrons. The Kier molecular flexibility index (Phi) is 17.1. The molecule has 0 unspecified atom stereocenters. The Morgan fingerprint density at radius 2 is 0.774 bits per heavy atom. The number of hydrogen-bond acceptors (Lipinski definition) is 1. The maximum absolute atomic E-state index is 4.01. The van der Waals surface area contributed by atoms with Crippen LogP contribution in [0.2, 0.25) is 0 Å². The summed E-state index contributed by atoms with van der Waals surface area (Å²) in [6.45, 7) is 28.4. The molecule has 0 aromatic heterocycles. The van der Waals surface area contributed by atoms with Crippen LogP contribution in [-0.4, -0.2) is 24.5 Å². The van der Waals surface area contributed by atoms with E-state index in [1.165, 1.54) is 52.7 Å². The quantitative estimate of drug-likeness (QED) is 0.156. The Morgan fingerprint density at radius 1 is 0.516 bits per heavy atom. The summed E-state index contributed by atoms with van der Waals surface area (Å²) in [5.41, 5.74) is 8.29. The van der Waals surface area contributed by atoms with E-state index in [4.69, 9.17) is 0 Å². The van der Waals surface area contributed by atoms with E-state index >= 15 is 0 Å². The van der Waals surface area contributed by atoms with E-state index < -0.39 is 0 Å². The summed E-state index contributed by atoms with van der Waals surface area (Å²) < 4.78 is 0. The Hall–Kier alpha value is -1.60. The fourth-order valence-corrected chi connectivity index (χ4v) is 3.68. The molecule has 0 fully saturated rings. The highest BCUT2D eigenvalue weighted by Gasteiger charge is 2.08. The lowest BCUT2D eigenvalue weighted by atomic mass is 10.1. The molecule has 1 nitrogen and oxygen atoms in total. The summed E-state index contributed by atoms with van der Waals surface area (Å²) >= 11 is 0. The molecule has 0 aromatic carbocycles. The van der Waals surface area contributed by atoms with Crippen LogP contribution in [0, 0.1) is 0 Å². The van der Waals surface area contributed by atoms with Crippen molar-refractivity contribution < 1.29 is 0 Å². The van der Waals surface area contributed by atoms with Gasteiger partial charge in [-0.25, -0.2) is 0 Å². The van der Waals surface area contributed by atoms with Gasteiger partial charge in [0.15, 0.2) is 0 Å². The number of allylic oxidation sites excluding steroid dienone is 6. The lowest BCUT2D eigenvalue weighted by molar-refractivity contribution is 0.346. The molecule has 0 N–H and O–H groups in total. The van der Waals surface area contributed by atoms with Crippen LogP contribution in [0.1, 0.15) is 99.3 Å². The van der Waals surface area contributed by atoms with Gasteiger partial charge in [-0.05, 0) is 99.3 Å². The average Bonchev–Trinajstić information content (AvgIpc) is 2.65. The van der Waals surface area contributed by atoms with Crippen LogP contribution in [0.4, 0.5) is 0 Å². The second-order valence-electron chi connectivity index (χ2n) is 9.84. The molecule has 0 saturated heterocycles. The van der Waals surface area contributed by atoms with Gasteiger partial charge >= 0.3 is 0 Å². The van der Waals surface area contributed by atoms with E-state index in [1.54, 1.807) is 0 Å². The van der Waals surface area contributed by atoms with Gasteiger partial charge in [0.1, 0.15) is 0 Å². The maximum Gasteiger partial charge on any atom is 0.0196 e. The molecule has 0 radical (unpaired) electrons. The number of rotatable bonds is 18. The lowest BCUT2D eigenvalue weighted by Gasteiger charge is -2.24. The predicted molar refractivity (Wildman–Crippen MR) is 144 cm³/mol. The van der Waals surface area contributed by atoms with Gasteiger partial charge < -0.3 is 0 Å². The molecule has 0 aromatic rings. The first-order valence-corrected chi connectivity index (χ1v) is 12.2. The molecule has 0 aliphatic rings. The monoisotopic (exact) mass is 425 g/mol. The SMILES string of the molecule is C=C(C)CCC/C=C(/C)CN(C/C(C)=C\CCCC(=C)C)C/C(C)=C/CCCC(=C)C. The van der Waals surface area contributed by atoms with Gasteiger partial charge in [-0.3, -0.25) is 4.90 Å². The van der Waals surface area contributed by atoms with Crippen molar-refractivity contribution in [2.75, 3.05) is 19.6 Å². The highest BCUT2D eigenvalue weighted by molar-refractivity contribution is 5.10. The van der Waals surface area contributed by atoms with Crippen molar-refractivity contribution in [2.24, 2.45) is 0 Å². The zero-order chi connectivity index (χ0) is 23.6. The molecule has 0 amide bonds. The number of unbranched alkanes of at least 4 members (excludes halogenated alkanes) is 3. The predicted octanol–water partition coefficient (Wildman–Crippen LogP) is 9.37. The number of hydrogen-bond donors (Lipinski definition) is 0. The molecule has 0 aliphatic carbocycles. The average molecular weight is 426 g/mol. The lowest BCUT2D eigenvalue weighted by Crippen LogP contribution is -2.29. The van der Waals surface area contributed by atoms with Crippen LogP contribution in [0.15, 0.2) is 71.4 Å². The van der Waals surface area contributed by atoms with Gasteiger partial charge in [-0.1, -0.05) is 51.7 Å². The van der Waals surface area contributed by atoms with Crippen LogP contribution in [0.5, 0.6) is 0 Å². The van der Waals surface area contributed by atoms with Crippen LogP contribution >= 0.6 is 0 Å². The zero-order valence-corrected chi connectivity index (χ0v) is 21.8. The molecule has 31 heavy (non-hydrogen) atoms. The third-order valence-corrected chi connectivity index (χ3v) is 5.32. The molecule has 0 heterocycles. The van der Waals surface area contributed by atoms with E-state index in [9.17, 15) is 0 Å². The fraction of sp³-hybridized carbons (Fsp3) is 0.600. The minimum absolute atomic E-state index is 1.04. The number of nitrogens with zero attached hydrogens (tertiary/aromatic N) is 1. The van der Waals surface area contributed by atoms with Crippen molar-refractivity contribution in [3.05, 3.63) is 71.4 Å². The van der Waals surface area contributed by atoms with E-state index in [0.717, 1.165) is 58.2 Å². The third-order valence-electron chi connectivity index (χ3n) is 5.32. The fourth-order valence-electron chi connectivity index (χ4n) is 3.68. The zero-order valence-electron chi connectivity index (χ0n) is 21.8. The molecule has 1 heteroatoms. The van der Waals surface area contributed by atoms with Gasteiger partial charge in [0, 0.05) is 19.6 Å². The Morgan fingerprint density at radius 3 is 1.00 bits per heavy atom. The maximum atomic E-state index is 4.01. The van der Waals surface area contributed by atoms with Crippen molar-refractivity contribution in [2.45, 2.75) is 99.3 Å². The van der Waals surface area contributed by atoms with E-state index in [1.807, 2.05) is 0 Å². The summed E-state index contributed by atoms with van der Waals surface area (Å²) in [6.07, 6.45) is 17.7. The molecule has 0 aliphatic heterocycles. The summed E-state index contributed by atoms with van der Waals surface area (Å²) in [6, 6.07) is 0. The second kappa shape index (κ2) is 18.0. The van der Waals surface area contributed by atoms with Crippen molar-refractivity contribution >= 4 is 0 Å². The molecule has 0 saturated carbocycles. The van der Waals surface area contributed by atoms with Gasteiger partial charge in [0.25, 0.3) is 0 Å². The third kappa shape index (κ3) is 20.1. The van der Waals surface area contributed by atoms with Crippen molar-refractivity contribution in [3.63, 3.8) is 0 Å². The molecule has 0 bridgehead atoms. The van der Waals surface area contributed by atoms with Crippen molar-refractivity contribution in [1.82, 2.24) is 4.90 Å². The van der Waals surface area contributed by atoms with Gasteiger partial charge in [-0.15, -0.1) is 19.7 Å². The van der Waals surface area contributed by atoms with Crippen LogP contribution in [-0.2, 0) is 0 Å². The normalized spacial score (nSPS) is 13.1. The van der Waals surface area contributed by atoms with Crippen molar-refractivity contribution in [3.8, 4) is 0 Å². The summed E-state index contributed by atoms with van der Waals surface area (Å²) in [4.78, 5) is 2.60. The van der Waals surface area contributed by atoms with Crippen LogP contribution < -0.4 is 0 Å². The van der Waals surface area contributed by atoms with Crippen molar-refractivity contribution in [1.29, 1.82) is 0 Å². The molecular weight excluding hydrogens is 374 g/mol. The highest BCUT2D eigenvalue weighted by Crippen LogP contribution is 2.13. The minimum Gasteiger partial charge on any atom is -0.292 e. The summed E-state index contributed by atoms with van der Waals surface area (Å²) in [5, 5.41) is 0. The first-order chi connectivity index (χ1) is 14.6. The minimum atomic E-state index is 1.04. The highest BCUT2D eigenvalue weighted by atomic mass is 15.1. The standard InChI is InChI=1S/C30H51N/c1-25(2)16-10-13-19-28(7)22-31(23-29(8)20-14-11-17-26(3)4)24-30(9)21-15-12-18-27(5)6/h19-21H,1,3,5,10-18,22-24H2,2,4,6-9H3/b28-19-,29-20-,30-21+. The first kappa shape index (κ1) is 29.4. The Labute approximate surface area is 195 Å². The summed E-state index contributed by atoms with van der Waals surface area (Å²) in [5.74, 6) is 0. The first-order valence-electron chi connectivity index (χ1n) is 12.2. The molecule has 0 spiro atoms. The summed E-state index contributed by atoms with van der Waals surface area (Å²) in [7, 11) is 0. The molecule has 0 atom stereocenters. The van der Waals surface area contributed by atoms with Gasteiger partial charge in [0.05, 0.1) is 0 Å². The van der Waals surface area contributed by atoms with E-state index in [0.29, 0.717) is 0 Å². The molecular formula is C30H51N. The van der Waals surface area contributed by atoms with Crippen LogP contribution in [0.3, 0.4) is 0 Å². The molecule has 0 rings (SSSR count). The Bertz CT molecular complexity index is 551. The second-order valence-corrected chi connectivity index (χ2v) is 9.84. The Balaban J connectivity index is 4.89. The topological polar surface area (TPSA) is 3.24 Å². The van der Waals surface area contributed by atoms with Gasteiger partial charge in [0.2, 0.25) is 0 Å². The van der Waals surface area contributed by atoms with E-state index in [2.05, 4.69) is 84.4 Å². The van der Waals surface area contributed by atoms with Gasteiger partial charge in [-0.2, -0.15) is 0 Å². The largest absolute Gasteiger partial charge is 0.292 e.